The summed E-state index contributed by atoms with van der Waals surface area (Å²) in [6, 6.07) is 10.4. The molecule has 0 saturated heterocycles. The van der Waals surface area contributed by atoms with Crippen LogP contribution in [0.25, 0.3) is 0 Å². The van der Waals surface area contributed by atoms with Crippen LogP contribution < -0.4 is 14.2 Å². The van der Waals surface area contributed by atoms with Gasteiger partial charge in [-0.15, -0.1) is 0 Å². The molecule has 0 aliphatic heterocycles. The molecular weight excluding hydrogens is 292 g/mol. The molecule has 0 saturated carbocycles. The SMILES string of the molecule is COc1ccc(COc2ccc(C=O)cc2Cl)cc1OC. The van der Waals surface area contributed by atoms with Crippen LogP contribution in [0.4, 0.5) is 0 Å². The van der Waals surface area contributed by atoms with Gasteiger partial charge >= 0.3 is 0 Å². The number of carbonyl (C=O) groups is 1. The molecule has 2 aromatic rings. The van der Waals surface area contributed by atoms with Crippen molar-refractivity contribution in [3.63, 3.8) is 0 Å². The van der Waals surface area contributed by atoms with E-state index in [4.69, 9.17) is 25.8 Å². The van der Waals surface area contributed by atoms with Crippen molar-refractivity contribution in [3.8, 4) is 17.2 Å². The number of carbonyl (C=O) groups excluding carboxylic acids is 1. The quantitative estimate of drug-likeness (QED) is 0.762. The summed E-state index contributed by atoms with van der Waals surface area (Å²) in [6.45, 7) is 0.334. The van der Waals surface area contributed by atoms with Crippen molar-refractivity contribution in [1.82, 2.24) is 0 Å². The Morgan fingerprint density at radius 3 is 2.33 bits per heavy atom. The molecule has 2 rings (SSSR count). The molecule has 4 nitrogen and oxygen atoms in total. The molecule has 0 amide bonds. The number of methoxy groups -OCH3 is 2. The Labute approximate surface area is 128 Å². The third-order valence-electron chi connectivity index (χ3n) is 2.93. The first-order valence-electron chi connectivity index (χ1n) is 6.26. The second kappa shape index (κ2) is 6.99. The molecule has 0 fully saturated rings. The first kappa shape index (κ1) is 15.2. The topological polar surface area (TPSA) is 44.8 Å². The minimum absolute atomic E-state index is 0.334. The summed E-state index contributed by atoms with van der Waals surface area (Å²) in [6.07, 6.45) is 0.740. The van der Waals surface area contributed by atoms with Crippen molar-refractivity contribution in [2.75, 3.05) is 14.2 Å². The van der Waals surface area contributed by atoms with Crippen molar-refractivity contribution in [1.29, 1.82) is 0 Å². The summed E-state index contributed by atoms with van der Waals surface area (Å²) in [4.78, 5) is 10.7. The van der Waals surface area contributed by atoms with Gasteiger partial charge in [0.05, 0.1) is 19.2 Å². The first-order chi connectivity index (χ1) is 10.2. The highest BCUT2D eigenvalue weighted by atomic mass is 35.5. The molecular formula is C16H15ClO4. The van der Waals surface area contributed by atoms with Crippen molar-refractivity contribution in [3.05, 3.63) is 52.5 Å². The summed E-state index contributed by atoms with van der Waals surface area (Å²) in [5.74, 6) is 1.83. The Morgan fingerprint density at radius 2 is 1.71 bits per heavy atom. The highest BCUT2D eigenvalue weighted by molar-refractivity contribution is 6.32. The maximum atomic E-state index is 10.7. The molecule has 0 aliphatic carbocycles. The van der Waals surface area contributed by atoms with Crippen LogP contribution in [0.3, 0.4) is 0 Å². The van der Waals surface area contributed by atoms with E-state index in [0.717, 1.165) is 11.8 Å². The fourth-order valence-electron chi connectivity index (χ4n) is 1.84. The van der Waals surface area contributed by atoms with E-state index >= 15 is 0 Å². The maximum absolute atomic E-state index is 10.7. The minimum atomic E-state index is 0.334. The van der Waals surface area contributed by atoms with Crippen LogP contribution >= 0.6 is 11.6 Å². The second-order valence-corrected chi connectivity index (χ2v) is 4.69. The standard InChI is InChI=1S/C16H15ClO4/c1-19-15-6-4-12(8-16(15)20-2)10-21-14-5-3-11(9-18)7-13(14)17/h3-9H,10H2,1-2H3. The van der Waals surface area contributed by atoms with Crippen LogP contribution in [0.2, 0.25) is 5.02 Å². The molecule has 0 aliphatic rings. The number of halogens is 1. The van der Waals surface area contributed by atoms with Crippen molar-refractivity contribution in [2.45, 2.75) is 6.61 Å². The van der Waals surface area contributed by atoms with Gasteiger partial charge in [-0.1, -0.05) is 17.7 Å². The van der Waals surface area contributed by atoms with Crippen molar-refractivity contribution < 1.29 is 19.0 Å². The van der Waals surface area contributed by atoms with E-state index in [-0.39, 0.29) is 0 Å². The highest BCUT2D eigenvalue weighted by Gasteiger charge is 2.07. The predicted octanol–water partition coefficient (Wildman–Crippen LogP) is 3.75. The number of ether oxygens (including phenoxy) is 3. The van der Waals surface area contributed by atoms with E-state index in [0.29, 0.717) is 34.4 Å². The Morgan fingerprint density at radius 1 is 1.00 bits per heavy atom. The number of aldehydes is 1. The molecule has 0 N–H and O–H groups in total. The molecule has 5 heteroatoms. The van der Waals surface area contributed by atoms with Gasteiger partial charge in [-0.05, 0) is 35.9 Å². The molecule has 0 unspecified atom stereocenters. The molecule has 110 valence electrons. The van der Waals surface area contributed by atoms with Crippen LogP contribution in [-0.2, 0) is 6.61 Å². The molecule has 0 aromatic heterocycles. The Balaban J connectivity index is 2.11. The fraction of sp³-hybridized carbons (Fsp3) is 0.188. The normalized spacial score (nSPS) is 10.0. The van der Waals surface area contributed by atoms with Gasteiger partial charge in [0.25, 0.3) is 0 Å². The summed E-state index contributed by atoms with van der Waals surface area (Å²) < 4.78 is 16.1. The zero-order valence-electron chi connectivity index (χ0n) is 11.8. The number of hydrogen-bond acceptors (Lipinski definition) is 4. The van der Waals surface area contributed by atoms with Gasteiger partial charge in [-0.2, -0.15) is 0 Å². The summed E-state index contributed by atoms with van der Waals surface area (Å²) >= 11 is 6.05. The van der Waals surface area contributed by atoms with E-state index in [9.17, 15) is 4.79 Å². The predicted molar refractivity (Wildman–Crippen MR) is 80.7 cm³/mol. The van der Waals surface area contributed by atoms with E-state index < -0.39 is 0 Å². The largest absolute Gasteiger partial charge is 0.493 e. The van der Waals surface area contributed by atoms with Gasteiger partial charge < -0.3 is 14.2 Å². The average Bonchev–Trinajstić information content (AvgIpc) is 2.53. The third kappa shape index (κ3) is 3.67. The summed E-state index contributed by atoms with van der Waals surface area (Å²) in [7, 11) is 3.17. The highest BCUT2D eigenvalue weighted by Crippen LogP contribution is 2.29. The molecule has 0 atom stereocenters. The number of benzene rings is 2. The molecule has 0 heterocycles. The van der Waals surface area contributed by atoms with E-state index in [2.05, 4.69) is 0 Å². The van der Waals surface area contributed by atoms with Crippen molar-refractivity contribution >= 4 is 17.9 Å². The smallest absolute Gasteiger partial charge is 0.161 e. The average molecular weight is 307 g/mol. The summed E-state index contributed by atoms with van der Waals surface area (Å²) in [5, 5.41) is 0.403. The van der Waals surface area contributed by atoms with Crippen LogP contribution in [-0.4, -0.2) is 20.5 Å². The molecule has 2 aromatic carbocycles. The van der Waals surface area contributed by atoms with Crippen LogP contribution in [0.1, 0.15) is 15.9 Å². The lowest BCUT2D eigenvalue weighted by Gasteiger charge is -2.11. The van der Waals surface area contributed by atoms with Gasteiger partial charge in [-0.25, -0.2) is 0 Å². The van der Waals surface area contributed by atoms with Crippen LogP contribution in [0, 0.1) is 0 Å². The van der Waals surface area contributed by atoms with Crippen LogP contribution in [0.5, 0.6) is 17.2 Å². The molecule has 0 radical (unpaired) electrons. The third-order valence-corrected chi connectivity index (χ3v) is 3.23. The lowest BCUT2D eigenvalue weighted by Crippen LogP contribution is -1.98. The zero-order chi connectivity index (χ0) is 15.2. The summed E-state index contributed by atoms with van der Waals surface area (Å²) in [5.41, 5.74) is 1.43. The molecule has 0 bridgehead atoms. The number of hydrogen-bond donors (Lipinski definition) is 0. The van der Waals surface area contributed by atoms with Gasteiger partial charge in [0, 0.05) is 5.56 Å². The Kier molecular flexibility index (Phi) is 5.06. The second-order valence-electron chi connectivity index (χ2n) is 4.29. The Bertz CT molecular complexity index is 640. The lowest BCUT2D eigenvalue weighted by atomic mass is 10.2. The Hall–Kier alpha value is -2.20. The van der Waals surface area contributed by atoms with E-state index in [1.54, 1.807) is 32.4 Å². The van der Waals surface area contributed by atoms with E-state index in [1.165, 1.54) is 0 Å². The lowest BCUT2D eigenvalue weighted by molar-refractivity contribution is 0.112. The fourth-order valence-corrected chi connectivity index (χ4v) is 2.08. The van der Waals surface area contributed by atoms with Gasteiger partial charge in [0.2, 0.25) is 0 Å². The van der Waals surface area contributed by atoms with Gasteiger partial charge in [-0.3, -0.25) is 4.79 Å². The molecule has 21 heavy (non-hydrogen) atoms. The minimum Gasteiger partial charge on any atom is -0.493 e. The van der Waals surface area contributed by atoms with Crippen molar-refractivity contribution in [2.24, 2.45) is 0 Å². The molecule has 0 spiro atoms. The maximum Gasteiger partial charge on any atom is 0.161 e. The van der Waals surface area contributed by atoms with Gasteiger partial charge in [0.1, 0.15) is 18.6 Å². The monoisotopic (exact) mass is 306 g/mol. The van der Waals surface area contributed by atoms with Crippen LogP contribution in [0.15, 0.2) is 36.4 Å². The van der Waals surface area contributed by atoms with E-state index in [1.807, 2.05) is 18.2 Å². The zero-order valence-corrected chi connectivity index (χ0v) is 12.5. The first-order valence-corrected chi connectivity index (χ1v) is 6.64. The number of rotatable bonds is 6. The van der Waals surface area contributed by atoms with Gasteiger partial charge in [0.15, 0.2) is 11.5 Å².